The Labute approximate surface area is 44.5 Å². The van der Waals surface area contributed by atoms with E-state index in [9.17, 15) is 0 Å². The average molecular weight is 86.2 g/mol. The van der Waals surface area contributed by atoms with E-state index in [0.717, 1.165) is 0 Å². The minimum atomic E-state index is -1.53. The summed E-state index contributed by atoms with van der Waals surface area (Å²) in [6.45, 7) is 0. The minimum absolute atomic E-state index is 0.126. The second-order valence-electron chi connectivity index (χ2n) is 1.33. The van der Waals surface area contributed by atoms with Gasteiger partial charge in [0.1, 0.15) is 0 Å². The predicted octanol–water partition coefficient (Wildman–Crippen LogP) is 2.12. The SMILES string of the molecule is [2H]C1=C([2H])C([2H])([2H])CCC1. The first-order valence-corrected chi connectivity index (χ1v) is 2.21. The first-order valence-electron chi connectivity index (χ1n) is 4.21. The van der Waals surface area contributed by atoms with Gasteiger partial charge in [-0.1, -0.05) is 12.1 Å². The highest BCUT2D eigenvalue weighted by molar-refractivity contribution is 4.85. The Morgan fingerprint density at radius 3 is 3.17 bits per heavy atom. The molecular formula is C6H10. The summed E-state index contributed by atoms with van der Waals surface area (Å²) in [5.41, 5.74) is 0. The van der Waals surface area contributed by atoms with Crippen LogP contribution in [-0.4, -0.2) is 0 Å². The molecule has 0 aromatic carbocycles. The standard InChI is InChI=1S/C6H10/c1-2-4-6-5-3-1/h1-2H,3-6H2/i1D,2D,3D2. The van der Waals surface area contributed by atoms with Gasteiger partial charge in [0.15, 0.2) is 0 Å². The molecule has 0 atom stereocenters. The quantitative estimate of drug-likeness (QED) is 0.396. The Morgan fingerprint density at radius 2 is 2.50 bits per heavy atom. The normalized spacial score (nSPS) is 42.7. The van der Waals surface area contributed by atoms with Crippen LogP contribution >= 0.6 is 0 Å². The maximum atomic E-state index is 7.26. The van der Waals surface area contributed by atoms with Gasteiger partial charge in [0.05, 0.1) is 2.74 Å². The van der Waals surface area contributed by atoms with E-state index in [0.29, 0.717) is 19.3 Å². The molecule has 0 nitrogen and oxygen atoms in total. The van der Waals surface area contributed by atoms with Gasteiger partial charge >= 0.3 is 0 Å². The van der Waals surface area contributed by atoms with E-state index in [-0.39, 0.29) is 12.1 Å². The molecule has 0 heteroatoms. The maximum absolute atomic E-state index is 7.26. The average Bonchev–Trinajstić information content (AvgIpc) is 1.83. The highest BCUT2D eigenvalue weighted by Crippen LogP contribution is 2.07. The fraction of sp³-hybridized carbons (Fsp3) is 0.667. The molecule has 0 fully saturated rings. The first-order chi connectivity index (χ1) is 4.54. The molecule has 0 radical (unpaired) electrons. The molecule has 1 rings (SSSR count). The summed E-state index contributed by atoms with van der Waals surface area (Å²) in [5.74, 6) is 0. The van der Waals surface area contributed by atoms with Crippen LogP contribution in [0.15, 0.2) is 12.1 Å². The van der Waals surface area contributed by atoms with Crippen molar-refractivity contribution < 1.29 is 5.48 Å². The molecule has 0 bridgehead atoms. The third-order valence-corrected chi connectivity index (χ3v) is 0.780. The summed E-state index contributed by atoms with van der Waals surface area (Å²) in [4.78, 5) is 0. The summed E-state index contributed by atoms with van der Waals surface area (Å²) in [7, 11) is 0. The van der Waals surface area contributed by atoms with Crippen molar-refractivity contribution in [2.45, 2.75) is 25.6 Å². The summed E-state index contributed by atoms with van der Waals surface area (Å²) in [6.07, 6.45) is 0.135. The fourth-order valence-electron chi connectivity index (χ4n) is 0.453. The summed E-state index contributed by atoms with van der Waals surface area (Å²) < 4.78 is 28.9. The predicted molar refractivity (Wildman–Crippen MR) is 27.6 cm³/mol. The molecule has 0 amide bonds. The maximum Gasteiger partial charge on any atom is 0.0572 e. The zero-order chi connectivity index (χ0) is 7.78. The molecule has 1 aliphatic carbocycles. The van der Waals surface area contributed by atoms with Crippen molar-refractivity contribution in [2.75, 3.05) is 0 Å². The van der Waals surface area contributed by atoms with Crippen LogP contribution in [-0.2, 0) is 0 Å². The molecule has 0 heterocycles. The number of hydrogen-bond acceptors (Lipinski definition) is 0. The van der Waals surface area contributed by atoms with Crippen LogP contribution in [0.2, 0.25) is 0 Å². The lowest BCUT2D eigenvalue weighted by Gasteiger charge is -1.97. The van der Waals surface area contributed by atoms with E-state index in [2.05, 4.69) is 0 Å². The molecule has 0 spiro atoms. The lowest BCUT2D eigenvalue weighted by atomic mass is 10.1. The van der Waals surface area contributed by atoms with Crippen molar-refractivity contribution >= 4 is 0 Å². The highest BCUT2D eigenvalue weighted by Gasteiger charge is 1.87. The van der Waals surface area contributed by atoms with Crippen molar-refractivity contribution in [3.05, 3.63) is 12.1 Å². The largest absolute Gasteiger partial charge is 0.0885 e. The van der Waals surface area contributed by atoms with Gasteiger partial charge in [0, 0.05) is 2.74 Å². The van der Waals surface area contributed by atoms with E-state index in [1.165, 1.54) is 0 Å². The third kappa shape index (κ3) is 0.852. The van der Waals surface area contributed by atoms with E-state index in [4.69, 9.17) is 5.48 Å². The Bertz CT molecular complexity index is 171. The molecule has 0 N–H and O–H groups in total. The molecule has 1 aliphatic rings. The molecule has 6 heavy (non-hydrogen) atoms. The van der Waals surface area contributed by atoms with E-state index in [1.54, 1.807) is 0 Å². The van der Waals surface area contributed by atoms with Crippen LogP contribution in [0, 0.1) is 0 Å². The summed E-state index contributed by atoms with van der Waals surface area (Å²) in [5, 5.41) is 0. The van der Waals surface area contributed by atoms with Crippen LogP contribution < -0.4 is 0 Å². The van der Waals surface area contributed by atoms with Crippen LogP contribution in [0.25, 0.3) is 0 Å². The Balaban J connectivity index is 2.89. The zero-order valence-electron chi connectivity index (χ0n) is 7.62. The molecule has 0 aromatic rings. The molecular weight excluding hydrogens is 72.1 g/mol. The van der Waals surface area contributed by atoms with Crippen molar-refractivity contribution in [3.63, 3.8) is 0 Å². The first kappa shape index (κ1) is 1.36. The topological polar surface area (TPSA) is 0 Å². The van der Waals surface area contributed by atoms with Crippen molar-refractivity contribution in [2.24, 2.45) is 0 Å². The highest BCUT2D eigenvalue weighted by atomic mass is 13.9. The number of allylic oxidation sites excluding steroid dienone is 2. The smallest absolute Gasteiger partial charge is 0.0572 e. The van der Waals surface area contributed by atoms with Gasteiger partial charge in [-0.25, -0.2) is 0 Å². The van der Waals surface area contributed by atoms with Gasteiger partial charge in [-0.15, -0.1) is 0 Å². The van der Waals surface area contributed by atoms with Crippen LogP contribution in [0.4, 0.5) is 0 Å². The van der Waals surface area contributed by atoms with E-state index in [1.807, 2.05) is 0 Å². The van der Waals surface area contributed by atoms with Gasteiger partial charge in [0.2, 0.25) is 0 Å². The van der Waals surface area contributed by atoms with E-state index >= 15 is 0 Å². The van der Waals surface area contributed by atoms with Gasteiger partial charge in [-0.05, 0) is 25.6 Å². The number of rotatable bonds is 0. The Morgan fingerprint density at radius 1 is 1.50 bits per heavy atom. The van der Waals surface area contributed by atoms with Crippen LogP contribution in [0.3, 0.4) is 0 Å². The van der Waals surface area contributed by atoms with Crippen molar-refractivity contribution in [3.8, 4) is 0 Å². The Hall–Kier alpha value is -0.260. The van der Waals surface area contributed by atoms with Crippen LogP contribution in [0.5, 0.6) is 0 Å². The van der Waals surface area contributed by atoms with Gasteiger partial charge < -0.3 is 0 Å². The van der Waals surface area contributed by atoms with Crippen molar-refractivity contribution in [1.29, 1.82) is 0 Å². The summed E-state index contributed by atoms with van der Waals surface area (Å²) >= 11 is 0. The Kier molecular flexibility index (Phi) is 0.456. The summed E-state index contributed by atoms with van der Waals surface area (Å²) in [6, 6.07) is 0.0370. The molecule has 0 aliphatic heterocycles. The lowest BCUT2D eigenvalue weighted by molar-refractivity contribution is 0.730. The second kappa shape index (κ2) is 2.01. The monoisotopic (exact) mass is 86.1 g/mol. The lowest BCUT2D eigenvalue weighted by Crippen LogP contribution is -1.77. The van der Waals surface area contributed by atoms with Crippen molar-refractivity contribution in [1.82, 2.24) is 0 Å². The molecule has 34 valence electrons. The zero-order valence-corrected chi connectivity index (χ0v) is 3.62. The van der Waals surface area contributed by atoms with Gasteiger partial charge in [-0.2, -0.15) is 0 Å². The third-order valence-electron chi connectivity index (χ3n) is 0.780. The molecule has 0 unspecified atom stereocenters. The molecule has 0 saturated heterocycles. The number of hydrogen-bond donors (Lipinski definition) is 0. The fourth-order valence-corrected chi connectivity index (χ4v) is 0.453. The second-order valence-corrected chi connectivity index (χ2v) is 1.33. The minimum Gasteiger partial charge on any atom is -0.0885 e. The van der Waals surface area contributed by atoms with Crippen LogP contribution in [0.1, 0.15) is 31.1 Å². The van der Waals surface area contributed by atoms with E-state index < -0.39 is 6.37 Å². The molecule has 0 saturated carbocycles. The van der Waals surface area contributed by atoms with Gasteiger partial charge in [0.25, 0.3) is 0 Å². The molecule has 0 aromatic heterocycles. The van der Waals surface area contributed by atoms with Gasteiger partial charge in [-0.3, -0.25) is 0 Å².